The van der Waals surface area contributed by atoms with Crippen molar-refractivity contribution in [2.24, 2.45) is 5.92 Å². The molecule has 3 heteroatoms. The zero-order valence-corrected chi connectivity index (χ0v) is 11.9. The number of nitrogens with one attached hydrogen (secondary N) is 1. The van der Waals surface area contributed by atoms with E-state index >= 15 is 0 Å². The third kappa shape index (κ3) is 5.33. The molecular weight excluding hydrogens is 266 g/mol. The van der Waals surface area contributed by atoms with Gasteiger partial charge in [0.1, 0.15) is 0 Å². The van der Waals surface area contributed by atoms with Crippen LogP contribution in [0.2, 0.25) is 0 Å². The third-order valence-electron chi connectivity index (χ3n) is 3.39. The average molecular weight is 290 g/mol. The van der Waals surface area contributed by atoms with Gasteiger partial charge in [-0.3, -0.25) is 4.79 Å². The van der Waals surface area contributed by atoms with Crippen molar-refractivity contribution in [3.63, 3.8) is 0 Å². The molecule has 1 amide bonds. The topological polar surface area (TPSA) is 29.1 Å². The molecule has 0 saturated heterocycles. The number of carbonyl (C=O) groups excluding carboxylic acids is 1. The lowest BCUT2D eigenvalue weighted by Gasteiger charge is -2.27. The minimum Gasteiger partial charge on any atom is -0.356 e. The summed E-state index contributed by atoms with van der Waals surface area (Å²) < 4.78 is 0. The summed E-state index contributed by atoms with van der Waals surface area (Å²) in [4.78, 5) is 12.1. The molecule has 0 aliphatic heterocycles. The molecule has 0 bridgehead atoms. The van der Waals surface area contributed by atoms with Gasteiger partial charge in [0.05, 0.1) is 0 Å². The fourth-order valence-electron chi connectivity index (χ4n) is 2.26. The average Bonchev–Trinajstić information content (AvgIpc) is 2.28. The van der Waals surface area contributed by atoms with Crippen LogP contribution < -0.4 is 5.32 Å². The summed E-state index contributed by atoms with van der Waals surface area (Å²) in [6, 6.07) is 0. The molecule has 1 saturated carbocycles. The zero-order valence-electron chi connectivity index (χ0n) is 10.3. The van der Waals surface area contributed by atoms with E-state index in [9.17, 15) is 4.79 Å². The fraction of sp³-hybridized carbons (Fsp3) is 0.923. The quantitative estimate of drug-likeness (QED) is 0.587. The first-order chi connectivity index (χ1) is 7.74. The predicted octanol–water partition coefficient (Wildman–Crippen LogP) is 3.64. The minimum atomic E-state index is 0.235. The van der Waals surface area contributed by atoms with Gasteiger partial charge in [0.2, 0.25) is 5.91 Å². The highest BCUT2D eigenvalue weighted by Crippen LogP contribution is 2.29. The van der Waals surface area contributed by atoms with Crippen molar-refractivity contribution in [1.29, 1.82) is 0 Å². The van der Waals surface area contributed by atoms with Gasteiger partial charge >= 0.3 is 0 Å². The Morgan fingerprint density at radius 1 is 1.31 bits per heavy atom. The van der Waals surface area contributed by atoms with E-state index in [0.29, 0.717) is 17.2 Å². The Morgan fingerprint density at radius 2 is 2.06 bits per heavy atom. The lowest BCUT2D eigenvalue weighted by molar-refractivity contribution is -0.121. The molecule has 1 aliphatic carbocycles. The number of amides is 1. The predicted molar refractivity (Wildman–Crippen MR) is 71.8 cm³/mol. The number of halogens is 1. The molecule has 2 nitrogen and oxygen atoms in total. The van der Waals surface area contributed by atoms with Crippen LogP contribution in [-0.2, 0) is 4.79 Å². The summed E-state index contributed by atoms with van der Waals surface area (Å²) in [5, 5.41) is 3.07. The summed E-state index contributed by atoms with van der Waals surface area (Å²) in [5.41, 5.74) is 0. The Balaban J connectivity index is 2.10. The highest BCUT2D eigenvalue weighted by Gasteiger charge is 2.22. The van der Waals surface area contributed by atoms with Crippen LogP contribution in [0.3, 0.4) is 0 Å². The van der Waals surface area contributed by atoms with Crippen molar-refractivity contribution in [3.8, 4) is 0 Å². The number of alkyl halides is 1. The van der Waals surface area contributed by atoms with Crippen molar-refractivity contribution in [2.45, 2.75) is 63.1 Å². The van der Waals surface area contributed by atoms with Crippen LogP contribution in [0.5, 0.6) is 0 Å². The second kappa shape index (κ2) is 8.10. The zero-order chi connectivity index (χ0) is 11.8. The Bertz CT molecular complexity index is 208. The third-order valence-corrected chi connectivity index (χ3v) is 4.59. The summed E-state index contributed by atoms with van der Waals surface area (Å²) in [7, 11) is 0. The molecule has 1 aliphatic rings. The van der Waals surface area contributed by atoms with E-state index in [2.05, 4.69) is 28.2 Å². The monoisotopic (exact) mass is 289 g/mol. The molecule has 0 aromatic carbocycles. The van der Waals surface area contributed by atoms with Gasteiger partial charge in [0, 0.05) is 17.8 Å². The lowest BCUT2D eigenvalue weighted by atomic mass is 9.89. The highest BCUT2D eigenvalue weighted by molar-refractivity contribution is 9.09. The first kappa shape index (κ1) is 14.0. The number of hydrogen-bond acceptors (Lipinski definition) is 1. The van der Waals surface area contributed by atoms with Crippen molar-refractivity contribution < 1.29 is 4.79 Å². The van der Waals surface area contributed by atoms with Crippen molar-refractivity contribution in [3.05, 3.63) is 0 Å². The molecule has 1 N–H and O–H groups in total. The molecule has 0 aromatic heterocycles. The molecule has 1 fully saturated rings. The van der Waals surface area contributed by atoms with E-state index < -0.39 is 0 Å². The van der Waals surface area contributed by atoms with E-state index in [-0.39, 0.29) is 5.91 Å². The molecule has 2 atom stereocenters. The molecule has 2 unspecified atom stereocenters. The van der Waals surface area contributed by atoms with E-state index in [1.165, 1.54) is 32.1 Å². The number of hydrogen-bond donors (Lipinski definition) is 1. The second-order valence-corrected chi connectivity index (χ2v) is 6.00. The molecule has 0 heterocycles. The maximum absolute atomic E-state index is 11.5. The van der Waals surface area contributed by atoms with Crippen molar-refractivity contribution in [2.75, 3.05) is 6.54 Å². The van der Waals surface area contributed by atoms with Crippen LogP contribution in [0.15, 0.2) is 0 Å². The Morgan fingerprint density at radius 3 is 2.75 bits per heavy atom. The van der Waals surface area contributed by atoms with Gasteiger partial charge < -0.3 is 5.32 Å². The van der Waals surface area contributed by atoms with Gasteiger partial charge in [-0.2, -0.15) is 0 Å². The lowest BCUT2D eigenvalue weighted by Crippen LogP contribution is -2.34. The van der Waals surface area contributed by atoms with Gasteiger partial charge in [-0.05, 0) is 25.2 Å². The minimum absolute atomic E-state index is 0.235. The number of unbranched alkanes of at least 4 members (excludes halogenated alkanes) is 2. The maximum atomic E-state index is 11.5. The van der Waals surface area contributed by atoms with Gasteiger partial charge in [0.15, 0.2) is 0 Å². The van der Waals surface area contributed by atoms with Crippen molar-refractivity contribution >= 4 is 21.8 Å². The number of rotatable bonds is 6. The maximum Gasteiger partial charge on any atom is 0.220 e. The van der Waals surface area contributed by atoms with Crippen LogP contribution >= 0.6 is 15.9 Å². The van der Waals surface area contributed by atoms with Crippen molar-refractivity contribution in [1.82, 2.24) is 5.32 Å². The summed E-state index contributed by atoms with van der Waals surface area (Å²) >= 11 is 3.72. The molecule has 16 heavy (non-hydrogen) atoms. The first-order valence-electron chi connectivity index (χ1n) is 6.64. The molecule has 0 spiro atoms. The first-order valence-corrected chi connectivity index (χ1v) is 7.56. The fourth-order valence-corrected chi connectivity index (χ4v) is 3.04. The van der Waals surface area contributed by atoms with Crippen LogP contribution in [0.4, 0.5) is 0 Å². The van der Waals surface area contributed by atoms with Gasteiger partial charge in [0.25, 0.3) is 0 Å². The van der Waals surface area contributed by atoms with E-state index in [0.717, 1.165) is 19.4 Å². The molecule has 94 valence electrons. The summed E-state index contributed by atoms with van der Waals surface area (Å²) in [5.74, 6) is 0.877. The van der Waals surface area contributed by atoms with E-state index in [4.69, 9.17) is 0 Å². The Labute approximate surface area is 108 Å². The van der Waals surface area contributed by atoms with Crippen LogP contribution in [-0.4, -0.2) is 17.3 Å². The molecule has 0 aromatic rings. The van der Waals surface area contributed by atoms with E-state index in [1.54, 1.807) is 0 Å². The normalized spacial score (nSPS) is 25.4. The van der Waals surface area contributed by atoms with Gasteiger partial charge in [-0.25, -0.2) is 0 Å². The van der Waals surface area contributed by atoms with E-state index in [1.807, 2.05) is 0 Å². The molecule has 1 rings (SSSR count). The number of carbonyl (C=O) groups is 1. The Kier molecular flexibility index (Phi) is 7.10. The SMILES string of the molecule is CCCCCC(=O)NCC1CCCCC1Br. The smallest absolute Gasteiger partial charge is 0.220 e. The second-order valence-electron chi connectivity index (χ2n) is 4.82. The molecule has 0 radical (unpaired) electrons. The largest absolute Gasteiger partial charge is 0.356 e. The summed E-state index contributed by atoms with van der Waals surface area (Å²) in [6.07, 6.45) is 9.24. The van der Waals surface area contributed by atoms with Crippen LogP contribution in [0.25, 0.3) is 0 Å². The van der Waals surface area contributed by atoms with Gasteiger partial charge in [-0.15, -0.1) is 0 Å². The van der Waals surface area contributed by atoms with Crippen LogP contribution in [0, 0.1) is 5.92 Å². The molecular formula is C13H24BrNO. The van der Waals surface area contributed by atoms with Gasteiger partial charge in [-0.1, -0.05) is 48.5 Å². The Hall–Kier alpha value is -0.0500. The van der Waals surface area contributed by atoms with Crippen LogP contribution in [0.1, 0.15) is 58.3 Å². The highest BCUT2D eigenvalue weighted by atomic mass is 79.9. The summed E-state index contributed by atoms with van der Waals surface area (Å²) in [6.45, 7) is 3.02. The standard InChI is InChI=1S/C13H24BrNO/c1-2-3-4-9-13(16)15-10-11-7-5-6-8-12(11)14/h11-12H,2-10H2,1H3,(H,15,16).